The molecule has 0 bridgehead atoms. The fourth-order valence-corrected chi connectivity index (χ4v) is 2.76. The molecule has 0 unspecified atom stereocenters. The summed E-state index contributed by atoms with van der Waals surface area (Å²) in [6.45, 7) is 0.577. The third kappa shape index (κ3) is 3.64. The molecule has 0 spiro atoms. The van der Waals surface area contributed by atoms with Crippen molar-refractivity contribution in [3.05, 3.63) is 66.3 Å². The molecule has 0 saturated heterocycles. The molecular formula is C20H18N4O2. The monoisotopic (exact) mass is 346 g/mol. The van der Waals surface area contributed by atoms with Gasteiger partial charge in [-0.15, -0.1) is 0 Å². The summed E-state index contributed by atoms with van der Waals surface area (Å²) in [4.78, 5) is 24.0. The number of carbonyl (C=O) groups is 1. The van der Waals surface area contributed by atoms with Crippen LogP contribution in [0.4, 0.5) is 0 Å². The molecule has 0 radical (unpaired) electrons. The van der Waals surface area contributed by atoms with Gasteiger partial charge in [0.15, 0.2) is 5.58 Å². The lowest BCUT2D eigenvalue weighted by molar-refractivity contribution is -0.116. The van der Waals surface area contributed by atoms with Gasteiger partial charge in [-0.05, 0) is 30.7 Å². The average Bonchev–Trinajstić information content (AvgIpc) is 3.26. The fraction of sp³-hybridized carbons (Fsp3) is 0.150. The molecule has 0 atom stereocenters. The smallest absolute Gasteiger partial charge is 0.244 e. The van der Waals surface area contributed by atoms with E-state index in [1.54, 1.807) is 6.08 Å². The van der Waals surface area contributed by atoms with Crippen LogP contribution < -0.4 is 5.32 Å². The number of imidazole rings is 1. The summed E-state index contributed by atoms with van der Waals surface area (Å²) in [5.41, 5.74) is 3.48. The number of nitrogens with zero attached hydrogens (tertiary/aromatic N) is 2. The molecule has 2 aromatic heterocycles. The number of benzene rings is 2. The number of aromatic nitrogens is 3. The minimum atomic E-state index is -0.170. The predicted molar refractivity (Wildman–Crippen MR) is 100 cm³/mol. The maximum absolute atomic E-state index is 11.9. The summed E-state index contributed by atoms with van der Waals surface area (Å²) in [6.07, 6.45) is 4.60. The highest BCUT2D eigenvalue weighted by Crippen LogP contribution is 2.15. The molecule has 0 aliphatic carbocycles. The topological polar surface area (TPSA) is 83.8 Å². The van der Waals surface area contributed by atoms with Gasteiger partial charge < -0.3 is 14.7 Å². The molecule has 0 saturated carbocycles. The lowest BCUT2D eigenvalue weighted by Gasteiger charge is -2.00. The van der Waals surface area contributed by atoms with E-state index >= 15 is 0 Å². The second-order valence-electron chi connectivity index (χ2n) is 5.95. The molecule has 0 fully saturated rings. The molecule has 4 aromatic rings. The highest BCUT2D eigenvalue weighted by atomic mass is 16.3. The predicted octanol–water partition coefficient (Wildman–Crippen LogP) is 3.47. The Bertz CT molecular complexity index is 1010. The molecule has 6 nitrogen and oxygen atoms in total. The second kappa shape index (κ2) is 7.23. The number of fused-ring (bicyclic) bond motifs is 2. The summed E-state index contributed by atoms with van der Waals surface area (Å²) < 4.78 is 5.54. The first-order valence-corrected chi connectivity index (χ1v) is 8.53. The number of rotatable bonds is 6. The van der Waals surface area contributed by atoms with Gasteiger partial charge in [-0.2, -0.15) is 0 Å². The SMILES string of the molecule is O=C(/C=C/c1nc2ccccc2o1)NCCCc1nc2ccccc2[nH]1. The number of carbonyl (C=O) groups excluding carboxylic acids is 1. The van der Waals surface area contributed by atoms with E-state index in [1.165, 1.54) is 6.08 Å². The molecule has 26 heavy (non-hydrogen) atoms. The van der Waals surface area contributed by atoms with E-state index in [1.807, 2.05) is 48.5 Å². The molecule has 1 amide bonds. The lowest BCUT2D eigenvalue weighted by atomic mass is 10.3. The molecule has 0 aliphatic heterocycles. The Morgan fingerprint density at radius 1 is 1.08 bits per heavy atom. The van der Waals surface area contributed by atoms with E-state index in [9.17, 15) is 4.79 Å². The van der Waals surface area contributed by atoms with Crippen molar-refractivity contribution in [3.8, 4) is 0 Å². The summed E-state index contributed by atoms with van der Waals surface area (Å²) in [5.74, 6) is 1.18. The quantitative estimate of drug-likeness (QED) is 0.414. The highest BCUT2D eigenvalue weighted by molar-refractivity contribution is 5.91. The molecule has 4 rings (SSSR count). The molecule has 6 heteroatoms. The number of hydrogen-bond donors (Lipinski definition) is 2. The summed E-state index contributed by atoms with van der Waals surface area (Å²) in [5, 5.41) is 2.85. The number of aromatic amines is 1. The summed E-state index contributed by atoms with van der Waals surface area (Å²) in [7, 11) is 0. The van der Waals surface area contributed by atoms with Crippen molar-refractivity contribution in [2.75, 3.05) is 6.54 Å². The highest BCUT2D eigenvalue weighted by Gasteiger charge is 2.04. The fourth-order valence-electron chi connectivity index (χ4n) is 2.76. The third-order valence-electron chi connectivity index (χ3n) is 4.02. The molecule has 130 valence electrons. The number of H-pyrrole nitrogens is 1. The van der Waals surface area contributed by atoms with E-state index in [0.717, 1.165) is 35.2 Å². The van der Waals surface area contributed by atoms with Gasteiger partial charge in [0.05, 0.1) is 11.0 Å². The number of para-hydroxylation sites is 4. The van der Waals surface area contributed by atoms with Crippen molar-refractivity contribution in [3.63, 3.8) is 0 Å². The number of hydrogen-bond acceptors (Lipinski definition) is 4. The minimum absolute atomic E-state index is 0.170. The van der Waals surface area contributed by atoms with Crippen LogP contribution in [0.3, 0.4) is 0 Å². The number of oxazole rings is 1. The van der Waals surface area contributed by atoms with E-state index in [0.29, 0.717) is 18.0 Å². The van der Waals surface area contributed by atoms with Crippen molar-refractivity contribution < 1.29 is 9.21 Å². The van der Waals surface area contributed by atoms with E-state index in [-0.39, 0.29) is 5.91 Å². The first kappa shape index (κ1) is 16.1. The van der Waals surface area contributed by atoms with Crippen LogP contribution in [0, 0.1) is 0 Å². The molecule has 2 N–H and O–H groups in total. The minimum Gasteiger partial charge on any atom is -0.437 e. The Morgan fingerprint density at radius 2 is 1.88 bits per heavy atom. The molecule has 0 aliphatic rings. The van der Waals surface area contributed by atoms with Crippen LogP contribution in [0.25, 0.3) is 28.2 Å². The second-order valence-corrected chi connectivity index (χ2v) is 5.95. The molecule has 2 heterocycles. The van der Waals surface area contributed by atoms with Gasteiger partial charge in [0.25, 0.3) is 0 Å². The normalized spacial score (nSPS) is 11.5. The number of nitrogens with one attached hydrogen (secondary N) is 2. The number of amides is 1. The van der Waals surface area contributed by atoms with Crippen LogP contribution in [-0.2, 0) is 11.2 Å². The average molecular weight is 346 g/mol. The van der Waals surface area contributed by atoms with Crippen LogP contribution in [0.15, 0.2) is 59.0 Å². The maximum Gasteiger partial charge on any atom is 0.244 e. The van der Waals surface area contributed by atoms with Crippen molar-refractivity contribution >= 4 is 34.1 Å². The van der Waals surface area contributed by atoms with Gasteiger partial charge in [-0.25, -0.2) is 9.97 Å². The van der Waals surface area contributed by atoms with E-state index in [2.05, 4.69) is 20.3 Å². The van der Waals surface area contributed by atoms with Crippen molar-refractivity contribution in [1.82, 2.24) is 20.3 Å². The summed E-state index contributed by atoms with van der Waals surface area (Å²) in [6, 6.07) is 15.4. The zero-order valence-electron chi connectivity index (χ0n) is 14.1. The Kier molecular flexibility index (Phi) is 4.47. The molecule has 2 aromatic carbocycles. The zero-order chi connectivity index (χ0) is 17.8. The van der Waals surface area contributed by atoms with Crippen LogP contribution >= 0.6 is 0 Å². The Labute approximate surface area is 150 Å². The van der Waals surface area contributed by atoms with Crippen LogP contribution in [-0.4, -0.2) is 27.4 Å². The Balaban J connectivity index is 1.25. The standard InChI is InChI=1S/C20H18N4O2/c25-19(11-12-20-24-16-8-3-4-9-17(16)26-20)21-13-5-10-18-22-14-6-1-2-7-15(14)23-18/h1-4,6-9,11-12H,5,10,13H2,(H,21,25)(H,22,23)/b12-11+. The van der Waals surface area contributed by atoms with Gasteiger partial charge in [-0.3, -0.25) is 4.79 Å². The van der Waals surface area contributed by atoms with Crippen LogP contribution in [0.5, 0.6) is 0 Å². The van der Waals surface area contributed by atoms with E-state index in [4.69, 9.17) is 4.42 Å². The van der Waals surface area contributed by atoms with Gasteiger partial charge in [-0.1, -0.05) is 24.3 Å². The number of aryl methyl sites for hydroxylation is 1. The van der Waals surface area contributed by atoms with Crippen molar-refractivity contribution in [2.45, 2.75) is 12.8 Å². The Hall–Kier alpha value is -3.41. The molecular weight excluding hydrogens is 328 g/mol. The summed E-state index contributed by atoms with van der Waals surface area (Å²) >= 11 is 0. The van der Waals surface area contributed by atoms with Crippen molar-refractivity contribution in [2.24, 2.45) is 0 Å². The first-order valence-electron chi connectivity index (χ1n) is 8.53. The van der Waals surface area contributed by atoms with Gasteiger partial charge in [0, 0.05) is 25.1 Å². The lowest BCUT2D eigenvalue weighted by Crippen LogP contribution is -2.22. The zero-order valence-corrected chi connectivity index (χ0v) is 14.1. The van der Waals surface area contributed by atoms with Crippen molar-refractivity contribution in [1.29, 1.82) is 0 Å². The largest absolute Gasteiger partial charge is 0.437 e. The first-order chi connectivity index (χ1) is 12.8. The Morgan fingerprint density at radius 3 is 2.73 bits per heavy atom. The van der Waals surface area contributed by atoms with Crippen LogP contribution in [0.2, 0.25) is 0 Å². The van der Waals surface area contributed by atoms with E-state index < -0.39 is 0 Å². The van der Waals surface area contributed by atoms with Gasteiger partial charge >= 0.3 is 0 Å². The third-order valence-corrected chi connectivity index (χ3v) is 4.02. The van der Waals surface area contributed by atoms with Crippen LogP contribution in [0.1, 0.15) is 18.1 Å². The van der Waals surface area contributed by atoms with Gasteiger partial charge in [0.2, 0.25) is 11.8 Å². The van der Waals surface area contributed by atoms with Gasteiger partial charge in [0.1, 0.15) is 11.3 Å². The maximum atomic E-state index is 11.9.